The molecule has 4 N–H and O–H groups in total. The van der Waals surface area contributed by atoms with E-state index in [2.05, 4.69) is 101 Å². The SMILES string of the molecule is N=C(N=C(N)c1ccccc1)c1cc(-c2ccccc2)c2c(oc3ccccc32)c1-c1ccc(-c2cccc3c2[nH]c2ccccc23)cc1. The standard InChI is InChI=1S/C44H30N4O/c45-43(30-14-5-2-6-15-30)48-44(46)36-26-35(27-12-3-1-4-13-27)40-34-17-8-10-21-38(34)49-42(40)39(36)29-24-22-28(23-25-29)31-18-11-19-33-32-16-7-9-20-37(32)47-41(31)33/h1-26,47H,(H3,45,46,48). The third kappa shape index (κ3) is 4.79. The van der Waals surface area contributed by atoms with Crippen molar-refractivity contribution in [3.05, 3.63) is 169 Å². The van der Waals surface area contributed by atoms with E-state index in [0.717, 1.165) is 66.3 Å². The van der Waals surface area contributed by atoms with Crippen LogP contribution in [0.1, 0.15) is 11.1 Å². The van der Waals surface area contributed by atoms with Gasteiger partial charge in [0, 0.05) is 49.3 Å². The maximum Gasteiger partial charge on any atom is 0.154 e. The Morgan fingerprint density at radius 3 is 2.02 bits per heavy atom. The minimum absolute atomic E-state index is 0.0582. The lowest BCUT2D eigenvalue weighted by Gasteiger charge is -2.15. The molecular formula is C44H30N4O. The summed E-state index contributed by atoms with van der Waals surface area (Å²) in [7, 11) is 0. The molecule has 0 spiro atoms. The van der Waals surface area contributed by atoms with Crippen molar-refractivity contribution in [3.8, 4) is 33.4 Å². The zero-order chi connectivity index (χ0) is 32.9. The highest BCUT2D eigenvalue weighted by Crippen LogP contribution is 2.44. The Hall–Kier alpha value is -6.72. The van der Waals surface area contributed by atoms with Gasteiger partial charge in [0.15, 0.2) is 5.84 Å². The molecule has 2 heterocycles. The monoisotopic (exact) mass is 630 g/mol. The second-order valence-corrected chi connectivity index (χ2v) is 12.2. The molecule has 0 saturated carbocycles. The Morgan fingerprint density at radius 2 is 1.22 bits per heavy atom. The van der Waals surface area contributed by atoms with Gasteiger partial charge in [-0.1, -0.05) is 140 Å². The van der Waals surface area contributed by atoms with Gasteiger partial charge in [-0.25, -0.2) is 4.99 Å². The summed E-state index contributed by atoms with van der Waals surface area (Å²) in [4.78, 5) is 8.29. The van der Waals surface area contributed by atoms with Crippen molar-refractivity contribution in [1.82, 2.24) is 4.98 Å². The number of benzene rings is 7. The van der Waals surface area contributed by atoms with Gasteiger partial charge < -0.3 is 15.1 Å². The predicted octanol–water partition coefficient (Wildman–Crippen LogP) is 11.0. The molecule has 0 unspecified atom stereocenters. The molecule has 0 fully saturated rings. The lowest BCUT2D eigenvalue weighted by Crippen LogP contribution is -2.16. The summed E-state index contributed by atoms with van der Waals surface area (Å²) in [5.74, 6) is 0.340. The molecule has 0 saturated heterocycles. The molecule has 49 heavy (non-hydrogen) atoms. The zero-order valence-corrected chi connectivity index (χ0v) is 26.4. The number of hydrogen-bond acceptors (Lipinski definition) is 2. The second-order valence-electron chi connectivity index (χ2n) is 12.2. The zero-order valence-electron chi connectivity index (χ0n) is 26.4. The van der Waals surface area contributed by atoms with Crippen molar-refractivity contribution in [2.45, 2.75) is 0 Å². The Balaban J connectivity index is 1.27. The minimum atomic E-state index is 0.0582. The molecule has 0 amide bonds. The molecular weight excluding hydrogens is 601 g/mol. The molecule has 232 valence electrons. The largest absolute Gasteiger partial charge is 0.455 e. The number of para-hydroxylation sites is 3. The Labute approximate surface area is 282 Å². The molecule has 0 aliphatic heterocycles. The maximum atomic E-state index is 9.38. The van der Waals surface area contributed by atoms with Gasteiger partial charge in [-0.05, 0) is 40.5 Å². The fourth-order valence-corrected chi connectivity index (χ4v) is 7.00. The van der Waals surface area contributed by atoms with Crippen LogP contribution in [0.25, 0.3) is 77.1 Å². The Morgan fingerprint density at radius 1 is 0.592 bits per heavy atom. The Kier molecular flexibility index (Phi) is 6.69. The number of nitrogens with two attached hydrogens (primary N) is 1. The molecule has 9 rings (SSSR count). The maximum absolute atomic E-state index is 9.38. The number of furan rings is 1. The van der Waals surface area contributed by atoms with Crippen LogP contribution in [-0.2, 0) is 0 Å². The normalized spacial score (nSPS) is 12.0. The number of fused-ring (bicyclic) bond motifs is 6. The summed E-state index contributed by atoms with van der Waals surface area (Å²) in [6, 6.07) is 53.3. The highest BCUT2D eigenvalue weighted by molar-refractivity contribution is 6.22. The summed E-state index contributed by atoms with van der Waals surface area (Å²) in [6.45, 7) is 0. The number of aromatic nitrogens is 1. The van der Waals surface area contributed by atoms with Crippen LogP contribution in [0.2, 0.25) is 0 Å². The number of rotatable bonds is 5. The minimum Gasteiger partial charge on any atom is -0.455 e. The first-order valence-corrected chi connectivity index (χ1v) is 16.3. The summed E-state index contributed by atoms with van der Waals surface area (Å²) < 4.78 is 6.71. The molecule has 5 nitrogen and oxygen atoms in total. The van der Waals surface area contributed by atoms with Gasteiger partial charge in [0.1, 0.15) is 17.0 Å². The number of H-pyrrole nitrogens is 1. The Bertz CT molecular complexity index is 2720. The van der Waals surface area contributed by atoms with Crippen molar-refractivity contribution in [1.29, 1.82) is 5.41 Å². The first-order chi connectivity index (χ1) is 24.1. The van der Waals surface area contributed by atoms with Gasteiger partial charge in [-0.3, -0.25) is 5.41 Å². The van der Waals surface area contributed by atoms with Crippen LogP contribution >= 0.6 is 0 Å². The quantitative estimate of drug-likeness (QED) is 0.130. The number of aliphatic imine (C=N–C) groups is 1. The van der Waals surface area contributed by atoms with Gasteiger partial charge in [-0.15, -0.1) is 0 Å². The lowest BCUT2D eigenvalue weighted by molar-refractivity contribution is 0.670. The van der Waals surface area contributed by atoms with E-state index in [9.17, 15) is 5.41 Å². The highest BCUT2D eigenvalue weighted by atomic mass is 16.3. The van der Waals surface area contributed by atoms with Crippen LogP contribution in [0.3, 0.4) is 0 Å². The van der Waals surface area contributed by atoms with Crippen molar-refractivity contribution in [3.63, 3.8) is 0 Å². The van der Waals surface area contributed by atoms with E-state index in [-0.39, 0.29) is 11.7 Å². The van der Waals surface area contributed by atoms with E-state index in [4.69, 9.17) is 10.2 Å². The van der Waals surface area contributed by atoms with Crippen LogP contribution in [0.5, 0.6) is 0 Å². The van der Waals surface area contributed by atoms with Gasteiger partial charge in [0.2, 0.25) is 0 Å². The van der Waals surface area contributed by atoms with E-state index in [1.807, 2.05) is 66.7 Å². The first-order valence-electron chi connectivity index (χ1n) is 16.3. The molecule has 2 aromatic heterocycles. The average molecular weight is 631 g/mol. The molecule has 0 aliphatic carbocycles. The van der Waals surface area contributed by atoms with E-state index in [0.29, 0.717) is 11.1 Å². The predicted molar refractivity (Wildman–Crippen MR) is 203 cm³/mol. The summed E-state index contributed by atoms with van der Waals surface area (Å²) in [5.41, 5.74) is 17.5. The van der Waals surface area contributed by atoms with Crippen molar-refractivity contribution < 1.29 is 4.42 Å². The topological polar surface area (TPSA) is 91.2 Å². The summed E-state index contributed by atoms with van der Waals surface area (Å²) in [5, 5.41) is 13.8. The van der Waals surface area contributed by atoms with Crippen molar-refractivity contribution in [2.24, 2.45) is 10.7 Å². The highest BCUT2D eigenvalue weighted by Gasteiger charge is 2.23. The van der Waals surface area contributed by atoms with Gasteiger partial charge >= 0.3 is 0 Å². The number of nitrogens with zero attached hydrogens (tertiary/aromatic N) is 1. The molecule has 0 radical (unpaired) electrons. The molecule has 7 aromatic carbocycles. The number of aromatic amines is 1. The molecule has 0 atom stereocenters. The summed E-state index contributed by atoms with van der Waals surface area (Å²) in [6.07, 6.45) is 0. The van der Waals surface area contributed by atoms with Crippen LogP contribution < -0.4 is 5.73 Å². The van der Waals surface area contributed by atoms with Gasteiger partial charge in [-0.2, -0.15) is 0 Å². The third-order valence-corrected chi connectivity index (χ3v) is 9.32. The molecule has 5 heteroatoms. The van der Waals surface area contributed by atoms with Crippen molar-refractivity contribution >= 4 is 55.4 Å². The fourth-order valence-electron chi connectivity index (χ4n) is 7.00. The number of amidine groups is 2. The smallest absolute Gasteiger partial charge is 0.154 e. The molecule has 9 aromatic rings. The van der Waals surface area contributed by atoms with Crippen LogP contribution in [0, 0.1) is 5.41 Å². The molecule has 0 aliphatic rings. The fraction of sp³-hybridized carbons (Fsp3) is 0. The first kappa shape index (κ1) is 28.5. The number of nitrogens with one attached hydrogen (secondary N) is 2. The van der Waals surface area contributed by atoms with E-state index >= 15 is 0 Å². The van der Waals surface area contributed by atoms with Crippen LogP contribution in [0.15, 0.2) is 167 Å². The van der Waals surface area contributed by atoms with Crippen LogP contribution in [-0.4, -0.2) is 16.7 Å². The lowest BCUT2D eigenvalue weighted by atomic mass is 9.89. The van der Waals surface area contributed by atoms with E-state index in [1.165, 1.54) is 10.8 Å². The van der Waals surface area contributed by atoms with E-state index in [1.54, 1.807) is 0 Å². The molecule has 0 bridgehead atoms. The van der Waals surface area contributed by atoms with Gasteiger partial charge in [0.05, 0.1) is 5.52 Å². The second kappa shape index (κ2) is 11.5. The van der Waals surface area contributed by atoms with Crippen LogP contribution in [0.4, 0.5) is 0 Å². The average Bonchev–Trinajstić information content (AvgIpc) is 3.74. The van der Waals surface area contributed by atoms with Gasteiger partial charge in [0.25, 0.3) is 0 Å². The third-order valence-electron chi connectivity index (χ3n) is 9.32. The number of hydrogen-bond donors (Lipinski definition) is 3. The van der Waals surface area contributed by atoms with E-state index < -0.39 is 0 Å². The van der Waals surface area contributed by atoms with Crippen molar-refractivity contribution in [2.75, 3.05) is 0 Å². The summed E-state index contributed by atoms with van der Waals surface area (Å²) >= 11 is 0.